The molecule has 8 heteroatoms. The van der Waals surface area contributed by atoms with Gasteiger partial charge in [0.25, 0.3) is 0 Å². The molecule has 1 aliphatic rings. The number of aryl methyl sites for hydroxylation is 1. The van der Waals surface area contributed by atoms with Crippen LogP contribution in [0.2, 0.25) is 0 Å². The highest BCUT2D eigenvalue weighted by Gasteiger charge is 2.35. The molecule has 0 heterocycles. The fourth-order valence-corrected chi connectivity index (χ4v) is 5.28. The van der Waals surface area contributed by atoms with Gasteiger partial charge in [-0.2, -0.15) is 4.31 Å². The van der Waals surface area contributed by atoms with E-state index in [9.17, 15) is 13.2 Å². The first-order chi connectivity index (χ1) is 12.9. The van der Waals surface area contributed by atoms with Crippen molar-refractivity contribution in [3.05, 3.63) is 23.8 Å². The fourth-order valence-electron chi connectivity index (χ4n) is 3.40. The normalized spacial score (nSPS) is 15.7. The lowest BCUT2D eigenvalue weighted by molar-refractivity contribution is -0.121. The van der Waals surface area contributed by atoms with Gasteiger partial charge in [-0.05, 0) is 43.9 Å². The van der Waals surface area contributed by atoms with Crippen LogP contribution in [0, 0.1) is 6.92 Å². The quantitative estimate of drug-likeness (QED) is 0.619. The van der Waals surface area contributed by atoms with Crippen LogP contribution in [0.3, 0.4) is 0 Å². The molecular formula is C19H30N2O5S. The number of benzene rings is 1. The van der Waals surface area contributed by atoms with Gasteiger partial charge in [-0.25, -0.2) is 8.42 Å². The van der Waals surface area contributed by atoms with Gasteiger partial charge in [0.15, 0.2) is 0 Å². The zero-order valence-corrected chi connectivity index (χ0v) is 16.9. The second-order valence-corrected chi connectivity index (χ2v) is 8.78. The van der Waals surface area contributed by atoms with Gasteiger partial charge in [-0.1, -0.05) is 25.3 Å². The molecule has 0 bridgehead atoms. The van der Waals surface area contributed by atoms with E-state index in [1.165, 1.54) is 11.4 Å². The monoisotopic (exact) mass is 398 g/mol. The van der Waals surface area contributed by atoms with E-state index in [-0.39, 0.29) is 35.7 Å². The molecule has 1 aromatic rings. The van der Waals surface area contributed by atoms with Gasteiger partial charge in [0.2, 0.25) is 15.9 Å². The van der Waals surface area contributed by atoms with E-state index >= 15 is 0 Å². The summed E-state index contributed by atoms with van der Waals surface area (Å²) in [5.41, 5.74) is 0.811. The number of methoxy groups -OCH3 is 1. The Morgan fingerprint density at radius 1 is 1.30 bits per heavy atom. The maximum atomic E-state index is 13.5. The van der Waals surface area contributed by atoms with Crippen molar-refractivity contribution in [1.29, 1.82) is 0 Å². The second kappa shape index (κ2) is 10.1. The average Bonchev–Trinajstić information content (AvgIpc) is 2.67. The Bertz CT molecular complexity index is 730. The number of amides is 1. The summed E-state index contributed by atoms with van der Waals surface area (Å²) in [7, 11) is -2.45. The molecule has 0 radical (unpaired) electrons. The van der Waals surface area contributed by atoms with Gasteiger partial charge in [-0.3, -0.25) is 4.79 Å². The lowest BCUT2D eigenvalue weighted by atomic mass is 9.95. The highest BCUT2D eigenvalue weighted by Crippen LogP contribution is 2.32. The first-order valence-corrected chi connectivity index (χ1v) is 10.9. The lowest BCUT2D eigenvalue weighted by Gasteiger charge is -2.33. The summed E-state index contributed by atoms with van der Waals surface area (Å²) in [6, 6.07) is 4.83. The van der Waals surface area contributed by atoms with E-state index in [0.717, 1.165) is 37.7 Å². The third-order valence-corrected chi connectivity index (χ3v) is 6.76. The van der Waals surface area contributed by atoms with Gasteiger partial charge >= 0.3 is 0 Å². The van der Waals surface area contributed by atoms with Crippen LogP contribution in [0.4, 0.5) is 0 Å². The van der Waals surface area contributed by atoms with Gasteiger partial charge in [-0.15, -0.1) is 0 Å². The molecule has 1 amide bonds. The number of hydrogen-bond acceptors (Lipinski definition) is 5. The van der Waals surface area contributed by atoms with E-state index in [1.54, 1.807) is 18.2 Å². The molecule has 152 valence electrons. The number of aliphatic hydroxyl groups is 1. The summed E-state index contributed by atoms with van der Waals surface area (Å²) in [6.45, 7) is 1.90. The van der Waals surface area contributed by atoms with Crippen molar-refractivity contribution in [3.63, 3.8) is 0 Å². The van der Waals surface area contributed by atoms with Crippen molar-refractivity contribution in [2.24, 2.45) is 0 Å². The number of aliphatic hydroxyl groups excluding tert-OH is 1. The number of carbonyl (C=O) groups is 1. The Morgan fingerprint density at radius 3 is 2.63 bits per heavy atom. The van der Waals surface area contributed by atoms with Gasteiger partial charge < -0.3 is 15.2 Å². The molecule has 0 saturated heterocycles. The minimum Gasteiger partial charge on any atom is -0.495 e. The highest BCUT2D eigenvalue weighted by atomic mass is 32.2. The third kappa shape index (κ3) is 5.67. The van der Waals surface area contributed by atoms with Crippen LogP contribution in [0.15, 0.2) is 23.1 Å². The Labute approximate surface area is 161 Å². The standard InChI is InChI=1S/C19H30N2O5S/c1-15-9-10-17(26-2)18(13-15)27(24,25)21(16-7-4-3-5-8-16)14-19(23)20-11-6-12-22/h9-10,13,16,22H,3-8,11-12,14H2,1-2H3,(H,20,23). The molecule has 27 heavy (non-hydrogen) atoms. The fraction of sp³-hybridized carbons (Fsp3) is 0.632. The Hall–Kier alpha value is -1.64. The predicted molar refractivity (Wildman–Crippen MR) is 103 cm³/mol. The molecule has 2 N–H and O–H groups in total. The molecule has 0 aliphatic heterocycles. The maximum Gasteiger partial charge on any atom is 0.247 e. The number of hydrogen-bond donors (Lipinski definition) is 2. The number of rotatable bonds is 9. The summed E-state index contributed by atoms with van der Waals surface area (Å²) in [5, 5.41) is 11.5. The number of carbonyl (C=O) groups excluding carboxylic acids is 1. The molecule has 0 unspecified atom stereocenters. The first-order valence-electron chi connectivity index (χ1n) is 9.44. The summed E-state index contributed by atoms with van der Waals surface area (Å²) in [4.78, 5) is 12.4. The van der Waals surface area contributed by atoms with Crippen LogP contribution >= 0.6 is 0 Å². The van der Waals surface area contributed by atoms with Gasteiger partial charge in [0, 0.05) is 19.2 Å². The molecule has 0 aromatic heterocycles. The van der Waals surface area contributed by atoms with Crippen LogP contribution in [0.25, 0.3) is 0 Å². The van der Waals surface area contributed by atoms with E-state index in [2.05, 4.69) is 5.32 Å². The van der Waals surface area contributed by atoms with Crippen LogP contribution in [0.1, 0.15) is 44.1 Å². The Balaban J connectivity index is 2.33. The molecule has 1 aromatic carbocycles. The smallest absolute Gasteiger partial charge is 0.247 e. The van der Waals surface area contributed by atoms with E-state index in [0.29, 0.717) is 13.0 Å². The van der Waals surface area contributed by atoms with Crippen molar-refractivity contribution < 1.29 is 23.1 Å². The van der Waals surface area contributed by atoms with Crippen molar-refractivity contribution >= 4 is 15.9 Å². The Kier molecular flexibility index (Phi) is 8.07. The van der Waals surface area contributed by atoms with Crippen molar-refractivity contribution in [1.82, 2.24) is 9.62 Å². The summed E-state index contributed by atoms with van der Waals surface area (Å²) < 4.78 is 33.5. The van der Waals surface area contributed by atoms with E-state index < -0.39 is 10.0 Å². The van der Waals surface area contributed by atoms with Crippen molar-refractivity contribution in [2.45, 2.75) is 56.4 Å². The first kappa shape index (κ1) is 21.7. The minimum absolute atomic E-state index is 0.0224. The minimum atomic E-state index is -3.89. The molecule has 1 aliphatic carbocycles. The van der Waals surface area contributed by atoms with Crippen LogP contribution in [0.5, 0.6) is 5.75 Å². The molecule has 7 nitrogen and oxygen atoms in total. The number of nitrogens with one attached hydrogen (secondary N) is 1. The zero-order chi connectivity index (χ0) is 19.9. The molecular weight excluding hydrogens is 368 g/mol. The number of nitrogens with zero attached hydrogens (tertiary/aromatic N) is 1. The third-order valence-electron chi connectivity index (χ3n) is 4.84. The predicted octanol–water partition coefficient (Wildman–Crippen LogP) is 1.83. The number of sulfonamides is 1. The molecule has 1 fully saturated rings. The van der Waals surface area contributed by atoms with Crippen molar-refractivity contribution in [3.8, 4) is 5.75 Å². The van der Waals surface area contributed by atoms with Crippen LogP contribution < -0.4 is 10.1 Å². The summed E-state index contributed by atoms with van der Waals surface area (Å²) >= 11 is 0. The largest absolute Gasteiger partial charge is 0.495 e. The highest BCUT2D eigenvalue weighted by molar-refractivity contribution is 7.89. The topological polar surface area (TPSA) is 95.9 Å². The maximum absolute atomic E-state index is 13.5. The van der Waals surface area contributed by atoms with E-state index in [4.69, 9.17) is 9.84 Å². The SMILES string of the molecule is COc1ccc(C)cc1S(=O)(=O)N(CC(=O)NCCCO)C1CCCCC1. The molecule has 2 rings (SSSR count). The average molecular weight is 399 g/mol. The Morgan fingerprint density at radius 2 is 2.00 bits per heavy atom. The van der Waals surface area contributed by atoms with Crippen LogP contribution in [-0.2, 0) is 14.8 Å². The summed E-state index contributed by atoms with van der Waals surface area (Å²) in [5.74, 6) is -0.0775. The molecule has 0 spiro atoms. The number of ether oxygens (including phenoxy) is 1. The van der Waals surface area contributed by atoms with Crippen molar-refractivity contribution in [2.75, 3.05) is 26.8 Å². The lowest BCUT2D eigenvalue weighted by Crippen LogP contribution is -2.47. The van der Waals surface area contributed by atoms with E-state index in [1.807, 2.05) is 6.92 Å². The molecule has 1 saturated carbocycles. The second-order valence-electron chi connectivity index (χ2n) is 6.92. The van der Waals surface area contributed by atoms with Crippen LogP contribution in [-0.4, -0.2) is 56.6 Å². The molecule has 0 atom stereocenters. The van der Waals surface area contributed by atoms with Gasteiger partial charge in [0.05, 0.1) is 13.7 Å². The summed E-state index contributed by atoms with van der Waals surface area (Å²) in [6.07, 6.45) is 4.92. The zero-order valence-electron chi connectivity index (χ0n) is 16.1. The van der Waals surface area contributed by atoms with Gasteiger partial charge in [0.1, 0.15) is 10.6 Å².